The van der Waals surface area contributed by atoms with Crippen LogP contribution in [0.25, 0.3) is 0 Å². The van der Waals surface area contributed by atoms with Crippen LogP contribution < -0.4 is 14.8 Å². The Bertz CT molecular complexity index is 430. The van der Waals surface area contributed by atoms with Crippen molar-refractivity contribution in [3.63, 3.8) is 0 Å². The van der Waals surface area contributed by atoms with E-state index in [9.17, 15) is 0 Å². The summed E-state index contributed by atoms with van der Waals surface area (Å²) in [5.41, 5.74) is 1.19. The summed E-state index contributed by atoms with van der Waals surface area (Å²) in [5, 5.41) is 3.69. The van der Waals surface area contributed by atoms with Crippen molar-refractivity contribution in [1.29, 1.82) is 0 Å². The zero-order chi connectivity index (χ0) is 15.1. The average Bonchev–Trinajstić information content (AvgIpc) is 2.55. The van der Waals surface area contributed by atoms with Gasteiger partial charge < -0.3 is 19.5 Å². The third-order valence-electron chi connectivity index (χ3n) is 4.12. The van der Waals surface area contributed by atoms with Crippen molar-refractivity contribution >= 4 is 0 Å². The molecule has 1 aliphatic rings. The Morgan fingerprint density at radius 2 is 2.00 bits per heavy atom. The molecule has 118 valence electrons. The van der Waals surface area contributed by atoms with Crippen molar-refractivity contribution in [2.24, 2.45) is 5.92 Å². The second-order valence-electron chi connectivity index (χ2n) is 5.46. The van der Waals surface area contributed by atoms with Crippen LogP contribution in [0.4, 0.5) is 0 Å². The molecule has 2 rings (SSSR count). The minimum Gasteiger partial charge on any atom is -0.493 e. The molecule has 4 heteroatoms. The molecular formula is C17H27NO3. The monoisotopic (exact) mass is 293 g/mol. The van der Waals surface area contributed by atoms with Gasteiger partial charge in [0.15, 0.2) is 11.5 Å². The Kier molecular flexibility index (Phi) is 6.33. The number of rotatable bonds is 7. The highest BCUT2D eigenvalue weighted by atomic mass is 16.5. The molecule has 0 saturated carbocycles. The first-order chi connectivity index (χ1) is 10.3. The smallest absolute Gasteiger partial charge is 0.165 e. The SMILES string of the molecule is CCCNC(c1cccc(OC)c1OC)C1CCOCC1. The number of nitrogens with one attached hydrogen (secondary N) is 1. The fourth-order valence-electron chi connectivity index (χ4n) is 3.04. The lowest BCUT2D eigenvalue weighted by molar-refractivity contribution is 0.0532. The van der Waals surface area contributed by atoms with Crippen molar-refractivity contribution in [1.82, 2.24) is 5.32 Å². The molecule has 0 aliphatic carbocycles. The fraction of sp³-hybridized carbons (Fsp3) is 0.647. The van der Waals surface area contributed by atoms with Crippen LogP contribution >= 0.6 is 0 Å². The number of para-hydroxylation sites is 1. The maximum absolute atomic E-state index is 5.62. The van der Waals surface area contributed by atoms with Gasteiger partial charge in [-0.05, 0) is 37.8 Å². The van der Waals surface area contributed by atoms with Crippen LogP contribution in [0.3, 0.4) is 0 Å². The topological polar surface area (TPSA) is 39.7 Å². The molecule has 0 aromatic heterocycles. The Morgan fingerprint density at radius 3 is 2.62 bits per heavy atom. The van der Waals surface area contributed by atoms with Crippen LogP contribution in [0.5, 0.6) is 11.5 Å². The molecule has 1 N–H and O–H groups in total. The number of benzene rings is 1. The van der Waals surface area contributed by atoms with Gasteiger partial charge in [-0.15, -0.1) is 0 Å². The van der Waals surface area contributed by atoms with Gasteiger partial charge in [0.1, 0.15) is 0 Å². The van der Waals surface area contributed by atoms with Crippen LogP contribution in [-0.4, -0.2) is 34.0 Å². The molecule has 1 heterocycles. The number of hydrogen-bond acceptors (Lipinski definition) is 4. The maximum Gasteiger partial charge on any atom is 0.165 e. The zero-order valence-electron chi connectivity index (χ0n) is 13.4. The van der Waals surface area contributed by atoms with E-state index in [0.717, 1.165) is 50.5 Å². The van der Waals surface area contributed by atoms with Crippen LogP contribution in [0.15, 0.2) is 18.2 Å². The van der Waals surface area contributed by atoms with Gasteiger partial charge in [-0.3, -0.25) is 0 Å². The van der Waals surface area contributed by atoms with E-state index in [4.69, 9.17) is 14.2 Å². The van der Waals surface area contributed by atoms with Gasteiger partial charge in [-0.1, -0.05) is 19.1 Å². The number of hydrogen-bond donors (Lipinski definition) is 1. The first-order valence-corrected chi connectivity index (χ1v) is 7.83. The van der Waals surface area contributed by atoms with E-state index in [2.05, 4.69) is 18.3 Å². The van der Waals surface area contributed by atoms with E-state index in [1.165, 1.54) is 5.56 Å². The van der Waals surface area contributed by atoms with Crippen LogP contribution in [0, 0.1) is 5.92 Å². The fourth-order valence-corrected chi connectivity index (χ4v) is 3.04. The summed E-state index contributed by atoms with van der Waals surface area (Å²) in [7, 11) is 3.40. The second kappa shape index (κ2) is 8.25. The molecule has 4 nitrogen and oxygen atoms in total. The van der Waals surface area contributed by atoms with Gasteiger partial charge in [-0.25, -0.2) is 0 Å². The molecule has 0 amide bonds. The third-order valence-corrected chi connectivity index (χ3v) is 4.12. The van der Waals surface area contributed by atoms with Gasteiger partial charge in [0.2, 0.25) is 0 Å². The molecule has 1 unspecified atom stereocenters. The van der Waals surface area contributed by atoms with Crippen LogP contribution in [0.1, 0.15) is 37.8 Å². The highest BCUT2D eigenvalue weighted by Gasteiger charge is 2.28. The minimum atomic E-state index is 0.291. The number of ether oxygens (including phenoxy) is 3. The summed E-state index contributed by atoms with van der Waals surface area (Å²) >= 11 is 0. The van der Waals surface area contributed by atoms with E-state index in [0.29, 0.717) is 12.0 Å². The lowest BCUT2D eigenvalue weighted by atomic mass is 9.86. The first-order valence-electron chi connectivity index (χ1n) is 7.83. The normalized spacial score (nSPS) is 17.5. The van der Waals surface area contributed by atoms with E-state index in [-0.39, 0.29) is 0 Å². The van der Waals surface area contributed by atoms with Crippen molar-refractivity contribution in [3.8, 4) is 11.5 Å². The van der Waals surface area contributed by atoms with Gasteiger partial charge in [-0.2, -0.15) is 0 Å². The largest absolute Gasteiger partial charge is 0.493 e. The molecule has 1 saturated heterocycles. The summed E-state index contributed by atoms with van der Waals surface area (Å²) in [6.45, 7) is 4.89. The van der Waals surface area contributed by atoms with Gasteiger partial charge in [0.05, 0.1) is 14.2 Å². The second-order valence-corrected chi connectivity index (χ2v) is 5.46. The van der Waals surface area contributed by atoms with Crippen LogP contribution in [0.2, 0.25) is 0 Å². The van der Waals surface area contributed by atoms with Crippen LogP contribution in [-0.2, 0) is 4.74 Å². The molecule has 1 atom stereocenters. The molecule has 21 heavy (non-hydrogen) atoms. The molecule has 0 bridgehead atoms. The molecule has 0 radical (unpaired) electrons. The molecule has 1 aromatic carbocycles. The molecule has 0 spiro atoms. The van der Waals surface area contributed by atoms with Gasteiger partial charge in [0, 0.05) is 24.8 Å². The van der Waals surface area contributed by atoms with Gasteiger partial charge in [0.25, 0.3) is 0 Å². The summed E-state index contributed by atoms with van der Waals surface area (Å²) in [5.74, 6) is 2.22. The minimum absolute atomic E-state index is 0.291. The summed E-state index contributed by atoms with van der Waals surface area (Å²) < 4.78 is 16.6. The van der Waals surface area contributed by atoms with Crippen molar-refractivity contribution in [3.05, 3.63) is 23.8 Å². The summed E-state index contributed by atoms with van der Waals surface area (Å²) in [4.78, 5) is 0. The Balaban J connectivity index is 2.30. The Hall–Kier alpha value is -1.26. The summed E-state index contributed by atoms with van der Waals surface area (Å²) in [6, 6.07) is 6.42. The van der Waals surface area contributed by atoms with Crippen molar-refractivity contribution < 1.29 is 14.2 Å². The van der Waals surface area contributed by atoms with E-state index in [1.54, 1.807) is 14.2 Å². The van der Waals surface area contributed by atoms with Crippen molar-refractivity contribution in [2.75, 3.05) is 34.0 Å². The Morgan fingerprint density at radius 1 is 1.24 bits per heavy atom. The predicted molar refractivity (Wildman–Crippen MR) is 84.1 cm³/mol. The predicted octanol–water partition coefficient (Wildman–Crippen LogP) is 3.17. The number of methoxy groups -OCH3 is 2. The van der Waals surface area contributed by atoms with Crippen molar-refractivity contribution in [2.45, 2.75) is 32.2 Å². The maximum atomic E-state index is 5.62. The van der Waals surface area contributed by atoms with E-state index in [1.807, 2.05) is 12.1 Å². The van der Waals surface area contributed by atoms with E-state index < -0.39 is 0 Å². The Labute approximate surface area is 127 Å². The lowest BCUT2D eigenvalue weighted by Crippen LogP contribution is -2.33. The van der Waals surface area contributed by atoms with E-state index >= 15 is 0 Å². The highest BCUT2D eigenvalue weighted by Crippen LogP contribution is 2.39. The quantitative estimate of drug-likeness (QED) is 0.838. The third kappa shape index (κ3) is 3.89. The molecule has 1 aliphatic heterocycles. The molecular weight excluding hydrogens is 266 g/mol. The van der Waals surface area contributed by atoms with Gasteiger partial charge >= 0.3 is 0 Å². The first kappa shape index (κ1) is 16.1. The average molecular weight is 293 g/mol. The lowest BCUT2D eigenvalue weighted by Gasteiger charge is -2.32. The molecule has 1 fully saturated rings. The summed E-state index contributed by atoms with van der Waals surface area (Å²) in [6.07, 6.45) is 3.29. The molecule has 1 aromatic rings. The standard InChI is InChI=1S/C17H27NO3/c1-4-10-18-16(13-8-11-21-12-9-13)14-6-5-7-15(19-2)17(14)20-3/h5-7,13,16,18H,4,8-12H2,1-3H3. The zero-order valence-corrected chi connectivity index (χ0v) is 13.4. The highest BCUT2D eigenvalue weighted by molar-refractivity contribution is 5.48.